The Morgan fingerprint density at radius 1 is 1.48 bits per heavy atom. The Labute approximate surface area is 125 Å². The molecule has 0 saturated carbocycles. The normalized spacial score (nSPS) is 15.4. The summed E-state index contributed by atoms with van der Waals surface area (Å²) in [6.07, 6.45) is 3.29. The number of pyridine rings is 1. The van der Waals surface area contributed by atoms with Gasteiger partial charge in [0.25, 0.3) is 5.91 Å². The highest BCUT2D eigenvalue weighted by Gasteiger charge is 2.10. The van der Waals surface area contributed by atoms with Gasteiger partial charge in [-0.2, -0.15) is 0 Å². The number of nitrogens with zero attached hydrogens (tertiary/aromatic N) is 2. The lowest BCUT2D eigenvalue weighted by atomic mass is 10.2. The van der Waals surface area contributed by atoms with Crippen LogP contribution in [0.3, 0.4) is 0 Å². The molecular formula is C15H22N4O2. The lowest BCUT2D eigenvalue weighted by molar-refractivity contribution is 0.0398. The van der Waals surface area contributed by atoms with E-state index in [1.54, 1.807) is 24.4 Å². The molecule has 1 aromatic heterocycles. The molecule has 0 atom stereocenters. The number of rotatable bonds is 7. The number of hydrogen-bond acceptors (Lipinski definition) is 5. The first-order valence-electron chi connectivity index (χ1n) is 7.18. The van der Waals surface area contributed by atoms with Gasteiger partial charge in [0.15, 0.2) is 0 Å². The van der Waals surface area contributed by atoms with E-state index in [1.807, 2.05) is 0 Å². The minimum atomic E-state index is -0.117. The van der Waals surface area contributed by atoms with E-state index in [0.29, 0.717) is 12.1 Å². The second-order valence-electron chi connectivity index (χ2n) is 4.81. The van der Waals surface area contributed by atoms with Crippen molar-refractivity contribution in [3.63, 3.8) is 0 Å². The van der Waals surface area contributed by atoms with Crippen molar-refractivity contribution in [2.45, 2.75) is 0 Å². The molecule has 1 saturated heterocycles. The van der Waals surface area contributed by atoms with E-state index in [1.165, 1.54) is 0 Å². The Hall–Kier alpha value is -1.92. The summed E-state index contributed by atoms with van der Waals surface area (Å²) in [4.78, 5) is 18.4. The van der Waals surface area contributed by atoms with Gasteiger partial charge in [0.1, 0.15) is 5.82 Å². The number of amides is 1. The first-order valence-corrected chi connectivity index (χ1v) is 7.18. The van der Waals surface area contributed by atoms with E-state index in [-0.39, 0.29) is 5.91 Å². The molecule has 0 spiro atoms. The number of aromatic nitrogens is 1. The molecule has 2 heterocycles. The van der Waals surface area contributed by atoms with Crippen molar-refractivity contribution in [2.24, 2.45) is 0 Å². The summed E-state index contributed by atoms with van der Waals surface area (Å²) in [6, 6.07) is 3.46. The third-order valence-electron chi connectivity index (χ3n) is 3.27. The summed E-state index contributed by atoms with van der Waals surface area (Å²) < 4.78 is 5.31. The lowest BCUT2D eigenvalue weighted by Crippen LogP contribution is -2.39. The molecular weight excluding hydrogens is 268 g/mol. The van der Waals surface area contributed by atoms with Gasteiger partial charge in [-0.05, 0) is 12.1 Å². The average Bonchev–Trinajstić information content (AvgIpc) is 2.54. The number of carbonyl (C=O) groups excluding carboxylic acids is 1. The largest absolute Gasteiger partial charge is 0.379 e. The number of carbonyl (C=O) groups is 1. The van der Waals surface area contributed by atoms with E-state index >= 15 is 0 Å². The van der Waals surface area contributed by atoms with E-state index in [9.17, 15) is 4.79 Å². The molecule has 1 aromatic rings. The van der Waals surface area contributed by atoms with Crippen LogP contribution in [-0.4, -0.2) is 61.7 Å². The van der Waals surface area contributed by atoms with Crippen molar-refractivity contribution in [3.8, 4) is 0 Å². The monoisotopic (exact) mass is 290 g/mol. The Balaban J connectivity index is 1.80. The lowest BCUT2D eigenvalue weighted by Gasteiger charge is -2.26. The molecule has 6 nitrogen and oxygen atoms in total. The average molecular weight is 290 g/mol. The van der Waals surface area contributed by atoms with Crippen LogP contribution in [0.2, 0.25) is 0 Å². The Morgan fingerprint density at radius 2 is 2.29 bits per heavy atom. The predicted octanol–water partition coefficient (Wildman–Crippen LogP) is 0.742. The van der Waals surface area contributed by atoms with Gasteiger partial charge in [0.2, 0.25) is 0 Å². The molecule has 0 unspecified atom stereocenters. The van der Waals surface area contributed by atoms with Crippen LogP contribution in [0.25, 0.3) is 0 Å². The molecule has 1 aliphatic rings. The molecule has 0 bridgehead atoms. The van der Waals surface area contributed by atoms with Crippen molar-refractivity contribution in [3.05, 3.63) is 36.5 Å². The number of hydrogen-bond donors (Lipinski definition) is 2. The maximum atomic E-state index is 11.8. The summed E-state index contributed by atoms with van der Waals surface area (Å²) in [5.74, 6) is 0.600. The highest BCUT2D eigenvalue weighted by atomic mass is 16.5. The molecule has 114 valence electrons. The van der Waals surface area contributed by atoms with Crippen molar-refractivity contribution < 1.29 is 9.53 Å². The Kier molecular flexibility index (Phi) is 6.18. The number of anilines is 1. The molecule has 21 heavy (non-hydrogen) atoms. The smallest absolute Gasteiger partial charge is 0.251 e. The summed E-state index contributed by atoms with van der Waals surface area (Å²) in [5.41, 5.74) is 0.598. The molecule has 0 aromatic carbocycles. The highest BCUT2D eigenvalue weighted by Crippen LogP contribution is 2.06. The van der Waals surface area contributed by atoms with Crippen molar-refractivity contribution in [1.82, 2.24) is 15.2 Å². The fraction of sp³-hybridized carbons (Fsp3) is 0.467. The van der Waals surface area contributed by atoms with Gasteiger partial charge in [-0.25, -0.2) is 4.98 Å². The maximum absolute atomic E-state index is 11.8. The van der Waals surface area contributed by atoms with Gasteiger partial charge < -0.3 is 15.4 Å². The van der Waals surface area contributed by atoms with Gasteiger partial charge in [-0.3, -0.25) is 9.69 Å². The molecule has 0 radical (unpaired) electrons. The van der Waals surface area contributed by atoms with Gasteiger partial charge in [0.05, 0.1) is 13.2 Å². The van der Waals surface area contributed by atoms with Crippen LogP contribution < -0.4 is 10.6 Å². The zero-order valence-corrected chi connectivity index (χ0v) is 12.2. The summed E-state index contributed by atoms with van der Waals surface area (Å²) in [7, 11) is 0. The van der Waals surface area contributed by atoms with Crippen LogP contribution in [0, 0.1) is 0 Å². The van der Waals surface area contributed by atoms with E-state index in [0.717, 1.165) is 45.2 Å². The summed E-state index contributed by atoms with van der Waals surface area (Å²) in [5, 5.41) is 6.00. The predicted molar refractivity (Wildman–Crippen MR) is 82.5 cm³/mol. The van der Waals surface area contributed by atoms with Crippen LogP contribution >= 0.6 is 0 Å². The minimum absolute atomic E-state index is 0.117. The summed E-state index contributed by atoms with van der Waals surface area (Å²) in [6.45, 7) is 9.32. The van der Waals surface area contributed by atoms with Gasteiger partial charge in [-0.1, -0.05) is 6.08 Å². The number of nitrogens with one attached hydrogen (secondary N) is 2. The molecule has 6 heteroatoms. The Morgan fingerprint density at radius 3 is 3.05 bits per heavy atom. The third-order valence-corrected chi connectivity index (χ3v) is 3.27. The molecule has 1 amide bonds. The SMILES string of the molecule is C=CCNC(=O)c1ccnc(NCCN2CCOCC2)c1. The fourth-order valence-electron chi connectivity index (χ4n) is 2.10. The quantitative estimate of drug-likeness (QED) is 0.725. The zero-order valence-electron chi connectivity index (χ0n) is 12.2. The van der Waals surface area contributed by atoms with Gasteiger partial charge in [0, 0.05) is 44.5 Å². The molecule has 1 fully saturated rings. The second kappa shape index (κ2) is 8.39. The first-order chi connectivity index (χ1) is 10.3. The van der Waals surface area contributed by atoms with Crippen molar-refractivity contribution in [1.29, 1.82) is 0 Å². The molecule has 0 aliphatic carbocycles. The van der Waals surface area contributed by atoms with Crippen LogP contribution in [-0.2, 0) is 4.74 Å². The zero-order chi connectivity index (χ0) is 14.9. The van der Waals surface area contributed by atoms with Gasteiger partial charge >= 0.3 is 0 Å². The molecule has 2 rings (SSSR count). The van der Waals surface area contributed by atoms with Crippen molar-refractivity contribution >= 4 is 11.7 Å². The minimum Gasteiger partial charge on any atom is -0.379 e. The second-order valence-corrected chi connectivity index (χ2v) is 4.81. The third kappa shape index (κ3) is 5.17. The van der Waals surface area contributed by atoms with E-state index in [4.69, 9.17) is 4.74 Å². The van der Waals surface area contributed by atoms with Crippen LogP contribution in [0.1, 0.15) is 10.4 Å². The van der Waals surface area contributed by atoms with E-state index in [2.05, 4.69) is 27.1 Å². The topological polar surface area (TPSA) is 66.5 Å². The Bertz CT molecular complexity index is 472. The van der Waals surface area contributed by atoms with Gasteiger partial charge in [-0.15, -0.1) is 6.58 Å². The standard InChI is InChI=1S/C15H22N4O2/c1-2-4-18-15(20)13-3-5-16-14(12-13)17-6-7-19-8-10-21-11-9-19/h2-3,5,12H,1,4,6-11H2,(H,16,17)(H,18,20). The number of morpholine rings is 1. The first kappa shape index (κ1) is 15.5. The van der Waals surface area contributed by atoms with Crippen LogP contribution in [0.15, 0.2) is 31.0 Å². The number of ether oxygens (including phenoxy) is 1. The maximum Gasteiger partial charge on any atom is 0.251 e. The molecule has 2 N–H and O–H groups in total. The van der Waals surface area contributed by atoms with Crippen LogP contribution in [0.5, 0.6) is 0 Å². The highest BCUT2D eigenvalue weighted by molar-refractivity contribution is 5.94. The van der Waals surface area contributed by atoms with Crippen LogP contribution in [0.4, 0.5) is 5.82 Å². The van der Waals surface area contributed by atoms with E-state index < -0.39 is 0 Å². The summed E-state index contributed by atoms with van der Waals surface area (Å²) >= 11 is 0. The molecule has 1 aliphatic heterocycles. The fourth-order valence-corrected chi connectivity index (χ4v) is 2.10. The van der Waals surface area contributed by atoms with Crippen molar-refractivity contribution in [2.75, 3.05) is 51.3 Å².